The van der Waals surface area contributed by atoms with Crippen LogP contribution in [-0.4, -0.2) is 0 Å². The maximum absolute atomic E-state index is 2.43. The summed E-state index contributed by atoms with van der Waals surface area (Å²) in [6.07, 6.45) is 0. The highest BCUT2D eigenvalue weighted by Gasteiger charge is 2.20. The van der Waals surface area contributed by atoms with Crippen LogP contribution in [0.3, 0.4) is 0 Å². The number of thiophene rings is 2. The number of benzene rings is 9. The average molecular weight is 669 g/mol. The molecule has 0 fully saturated rings. The van der Waals surface area contributed by atoms with Gasteiger partial charge in [0.15, 0.2) is 0 Å². The fourth-order valence-corrected chi connectivity index (χ4v) is 10.4. The third kappa shape index (κ3) is 4.16. The Kier molecular flexibility index (Phi) is 6.09. The van der Waals surface area contributed by atoms with Gasteiger partial charge in [-0.2, -0.15) is 0 Å². The van der Waals surface area contributed by atoms with Crippen LogP contribution in [0.5, 0.6) is 0 Å². The Morgan fingerprint density at radius 2 is 0.760 bits per heavy atom. The summed E-state index contributed by atoms with van der Waals surface area (Å²) in [4.78, 5) is 0. The highest BCUT2D eigenvalue weighted by atomic mass is 32.1. The Bertz CT molecular complexity index is 3160. The zero-order chi connectivity index (χ0) is 32.8. The van der Waals surface area contributed by atoms with Crippen LogP contribution < -0.4 is 0 Å². The van der Waals surface area contributed by atoms with Crippen molar-refractivity contribution in [3.63, 3.8) is 0 Å². The highest BCUT2D eigenvalue weighted by Crippen LogP contribution is 2.48. The molecule has 11 rings (SSSR count). The Labute approximate surface area is 297 Å². The first kappa shape index (κ1) is 28.1. The molecular weight excluding hydrogens is 641 g/mol. The molecule has 11 aromatic rings. The quantitative estimate of drug-likeness (QED) is 0.130. The predicted octanol–water partition coefficient (Wildman–Crippen LogP) is 14.9. The SMILES string of the molecule is c1cc(-c2ccc3sc4ccccc4c3c2)cc(-c2c3ccccc3c(-c3ccc4sc5ccccc5c4c3)c3c2ccc2ccccc23)c1. The monoisotopic (exact) mass is 668 g/mol. The van der Waals surface area contributed by atoms with E-state index in [1.165, 1.54) is 106 Å². The van der Waals surface area contributed by atoms with E-state index >= 15 is 0 Å². The van der Waals surface area contributed by atoms with E-state index < -0.39 is 0 Å². The highest BCUT2D eigenvalue weighted by molar-refractivity contribution is 7.26. The van der Waals surface area contributed by atoms with Crippen molar-refractivity contribution in [3.05, 3.63) is 170 Å². The van der Waals surface area contributed by atoms with E-state index in [0.29, 0.717) is 0 Å². The molecule has 50 heavy (non-hydrogen) atoms. The molecule has 0 aliphatic rings. The standard InChI is InChI=1S/C48H28S2/c1-2-13-34-29(10-1)20-23-39-46(32-12-9-11-30(26-32)31-21-24-44-40(27-31)35-14-5-7-18-42(35)49-44)37-16-3-4-17-38(37)47(48(34)39)33-22-25-45-41(28-33)36-15-6-8-19-43(36)50-45/h1-28H. The van der Waals surface area contributed by atoms with Crippen LogP contribution in [0.25, 0.3) is 106 Å². The topological polar surface area (TPSA) is 0 Å². The van der Waals surface area contributed by atoms with Crippen LogP contribution in [-0.2, 0) is 0 Å². The lowest BCUT2D eigenvalue weighted by atomic mass is 9.83. The summed E-state index contributed by atoms with van der Waals surface area (Å²) in [5.41, 5.74) is 7.57. The fraction of sp³-hybridized carbons (Fsp3) is 0. The van der Waals surface area contributed by atoms with Crippen LogP contribution >= 0.6 is 22.7 Å². The Morgan fingerprint density at radius 1 is 0.260 bits per heavy atom. The van der Waals surface area contributed by atoms with Gasteiger partial charge in [-0.05, 0) is 108 Å². The van der Waals surface area contributed by atoms with Crippen LogP contribution in [0.4, 0.5) is 0 Å². The summed E-state index contributed by atoms with van der Waals surface area (Å²) in [7, 11) is 0. The minimum Gasteiger partial charge on any atom is -0.135 e. The van der Waals surface area contributed by atoms with Crippen molar-refractivity contribution in [2.45, 2.75) is 0 Å². The van der Waals surface area contributed by atoms with E-state index in [9.17, 15) is 0 Å². The van der Waals surface area contributed by atoms with Crippen molar-refractivity contribution >= 4 is 95.3 Å². The second-order valence-corrected chi connectivity index (χ2v) is 15.4. The van der Waals surface area contributed by atoms with Gasteiger partial charge in [0.25, 0.3) is 0 Å². The second-order valence-electron chi connectivity index (χ2n) is 13.2. The predicted molar refractivity (Wildman–Crippen MR) is 221 cm³/mol. The molecule has 0 bridgehead atoms. The van der Waals surface area contributed by atoms with E-state index in [0.717, 1.165) is 0 Å². The number of fused-ring (bicyclic) bond motifs is 10. The molecule has 0 saturated heterocycles. The first-order valence-corrected chi connectivity index (χ1v) is 18.7. The van der Waals surface area contributed by atoms with Crippen LogP contribution in [0, 0.1) is 0 Å². The number of hydrogen-bond acceptors (Lipinski definition) is 2. The molecule has 0 spiro atoms. The summed E-state index contributed by atoms with van der Waals surface area (Å²) in [6, 6.07) is 63.3. The molecule has 2 heterocycles. The lowest BCUT2D eigenvalue weighted by Crippen LogP contribution is -1.92. The van der Waals surface area contributed by atoms with E-state index in [4.69, 9.17) is 0 Å². The maximum atomic E-state index is 2.43. The van der Waals surface area contributed by atoms with Crippen molar-refractivity contribution in [2.75, 3.05) is 0 Å². The maximum Gasteiger partial charge on any atom is 0.0355 e. The van der Waals surface area contributed by atoms with Gasteiger partial charge < -0.3 is 0 Å². The number of hydrogen-bond donors (Lipinski definition) is 0. The van der Waals surface area contributed by atoms with Gasteiger partial charge in [0.05, 0.1) is 0 Å². The zero-order valence-electron chi connectivity index (χ0n) is 27.0. The zero-order valence-corrected chi connectivity index (χ0v) is 28.6. The van der Waals surface area contributed by atoms with Crippen LogP contribution in [0.1, 0.15) is 0 Å². The van der Waals surface area contributed by atoms with Gasteiger partial charge in [-0.3, -0.25) is 0 Å². The molecule has 0 radical (unpaired) electrons. The third-order valence-corrected chi connectivity index (χ3v) is 12.7. The Hall–Kier alpha value is -5.80. The molecule has 0 aliphatic heterocycles. The van der Waals surface area contributed by atoms with Crippen molar-refractivity contribution in [2.24, 2.45) is 0 Å². The summed E-state index contributed by atoms with van der Waals surface area (Å²) < 4.78 is 5.33. The van der Waals surface area contributed by atoms with Gasteiger partial charge in [-0.25, -0.2) is 0 Å². The average Bonchev–Trinajstić information content (AvgIpc) is 3.74. The molecule has 0 atom stereocenters. The van der Waals surface area contributed by atoms with Crippen molar-refractivity contribution < 1.29 is 0 Å². The van der Waals surface area contributed by atoms with Gasteiger partial charge in [0, 0.05) is 40.3 Å². The van der Waals surface area contributed by atoms with Gasteiger partial charge in [0.2, 0.25) is 0 Å². The van der Waals surface area contributed by atoms with Crippen molar-refractivity contribution in [1.29, 1.82) is 0 Å². The fourth-order valence-electron chi connectivity index (χ4n) is 8.20. The first-order chi connectivity index (χ1) is 24.8. The summed E-state index contributed by atoms with van der Waals surface area (Å²) >= 11 is 3.75. The number of rotatable bonds is 3. The molecule has 2 aromatic heterocycles. The Morgan fingerprint density at radius 3 is 1.48 bits per heavy atom. The van der Waals surface area contributed by atoms with E-state index in [1.54, 1.807) is 0 Å². The minimum atomic E-state index is 1.23. The van der Waals surface area contributed by atoms with Crippen molar-refractivity contribution in [1.82, 2.24) is 0 Å². The summed E-state index contributed by atoms with van der Waals surface area (Å²) in [5.74, 6) is 0. The first-order valence-electron chi connectivity index (χ1n) is 17.1. The third-order valence-electron chi connectivity index (χ3n) is 10.4. The molecule has 9 aromatic carbocycles. The van der Waals surface area contributed by atoms with E-state index in [-0.39, 0.29) is 0 Å². The van der Waals surface area contributed by atoms with Crippen LogP contribution in [0.2, 0.25) is 0 Å². The lowest BCUT2D eigenvalue weighted by molar-refractivity contribution is 1.64. The van der Waals surface area contributed by atoms with E-state index in [1.807, 2.05) is 22.7 Å². The molecule has 0 aliphatic carbocycles. The molecule has 2 heteroatoms. The van der Waals surface area contributed by atoms with Gasteiger partial charge in [-0.15, -0.1) is 22.7 Å². The normalized spacial score (nSPS) is 12.0. The molecular formula is C48H28S2. The molecule has 0 saturated carbocycles. The smallest absolute Gasteiger partial charge is 0.0355 e. The second kappa shape index (κ2) is 10.9. The van der Waals surface area contributed by atoms with Gasteiger partial charge in [0.1, 0.15) is 0 Å². The lowest BCUT2D eigenvalue weighted by Gasteiger charge is -2.20. The molecule has 232 valence electrons. The molecule has 0 amide bonds. The molecule has 0 unspecified atom stereocenters. The van der Waals surface area contributed by atoms with Crippen LogP contribution in [0.15, 0.2) is 170 Å². The van der Waals surface area contributed by atoms with Gasteiger partial charge in [-0.1, -0.05) is 127 Å². The van der Waals surface area contributed by atoms with Crippen molar-refractivity contribution in [3.8, 4) is 33.4 Å². The Balaban J connectivity index is 1.20. The summed E-state index contributed by atoms with van der Waals surface area (Å²) in [6.45, 7) is 0. The van der Waals surface area contributed by atoms with E-state index in [2.05, 4.69) is 170 Å². The van der Waals surface area contributed by atoms with Gasteiger partial charge >= 0.3 is 0 Å². The molecule has 0 nitrogen and oxygen atoms in total. The summed E-state index contributed by atoms with van der Waals surface area (Å²) in [5, 5.41) is 13.0. The molecule has 0 N–H and O–H groups in total. The minimum absolute atomic E-state index is 1.23. The largest absolute Gasteiger partial charge is 0.135 e.